The van der Waals surface area contributed by atoms with Gasteiger partial charge in [-0.25, -0.2) is 9.37 Å². The second-order valence-corrected chi connectivity index (χ2v) is 3.92. The van der Waals surface area contributed by atoms with E-state index in [2.05, 4.69) is 10.3 Å². The van der Waals surface area contributed by atoms with Gasteiger partial charge in [-0.05, 0) is 13.0 Å². The van der Waals surface area contributed by atoms with E-state index in [0.29, 0.717) is 0 Å². The van der Waals surface area contributed by atoms with Gasteiger partial charge in [-0.1, -0.05) is 6.07 Å². The van der Waals surface area contributed by atoms with Crippen LogP contribution in [0, 0.1) is 15.9 Å². The van der Waals surface area contributed by atoms with Gasteiger partial charge in [0.25, 0.3) is 5.69 Å². The Kier molecular flexibility index (Phi) is 3.74. The fourth-order valence-electron chi connectivity index (χ4n) is 1.80. The molecule has 2 rings (SSSR count). The van der Waals surface area contributed by atoms with Crippen LogP contribution >= 0.6 is 0 Å². The topological polar surface area (TPSA) is 73.0 Å². The molecule has 0 radical (unpaired) electrons. The summed E-state index contributed by atoms with van der Waals surface area (Å²) < 4.78 is 15.5. The van der Waals surface area contributed by atoms with E-state index in [-0.39, 0.29) is 17.9 Å². The first-order chi connectivity index (χ1) is 9.13. The van der Waals surface area contributed by atoms with Gasteiger partial charge in [-0.3, -0.25) is 10.1 Å². The summed E-state index contributed by atoms with van der Waals surface area (Å²) in [7, 11) is 0. The van der Waals surface area contributed by atoms with Gasteiger partial charge in [0, 0.05) is 18.8 Å². The molecule has 100 valence electrons. The van der Waals surface area contributed by atoms with Crippen molar-refractivity contribution in [2.45, 2.75) is 20.0 Å². The third-order valence-electron chi connectivity index (χ3n) is 2.77. The summed E-state index contributed by atoms with van der Waals surface area (Å²) in [6.07, 6.45) is 3.30. The first kappa shape index (κ1) is 13.0. The van der Waals surface area contributed by atoms with Gasteiger partial charge >= 0.3 is 0 Å². The molecule has 1 aromatic heterocycles. The minimum Gasteiger partial charge on any atom is -0.371 e. The lowest BCUT2D eigenvalue weighted by Gasteiger charge is -2.09. The third-order valence-corrected chi connectivity index (χ3v) is 2.77. The Morgan fingerprint density at radius 2 is 2.32 bits per heavy atom. The molecule has 0 aliphatic rings. The smallest absolute Gasteiger partial charge is 0.295 e. The number of aryl methyl sites for hydroxylation is 1. The van der Waals surface area contributed by atoms with Gasteiger partial charge in [0.2, 0.25) is 0 Å². The van der Waals surface area contributed by atoms with Crippen molar-refractivity contribution in [3.8, 4) is 0 Å². The first-order valence-electron chi connectivity index (χ1n) is 5.79. The summed E-state index contributed by atoms with van der Waals surface area (Å²) in [5.74, 6) is -0.642. The number of hydrogen-bond acceptors (Lipinski definition) is 4. The number of nitro benzene ring substituents is 1. The number of rotatable bonds is 5. The van der Waals surface area contributed by atoms with E-state index < -0.39 is 10.7 Å². The van der Waals surface area contributed by atoms with Crippen molar-refractivity contribution in [3.63, 3.8) is 0 Å². The molecule has 0 spiro atoms. The molecule has 0 amide bonds. The van der Waals surface area contributed by atoms with Gasteiger partial charge < -0.3 is 9.88 Å². The number of benzene rings is 1. The predicted molar refractivity (Wildman–Crippen MR) is 68.3 cm³/mol. The van der Waals surface area contributed by atoms with Crippen LogP contribution < -0.4 is 5.32 Å². The van der Waals surface area contributed by atoms with Crippen LogP contribution in [0.2, 0.25) is 0 Å². The number of para-hydroxylation sites is 1. The molecule has 0 saturated carbocycles. The number of hydrogen-bond donors (Lipinski definition) is 1. The zero-order valence-corrected chi connectivity index (χ0v) is 10.3. The van der Waals surface area contributed by atoms with Crippen LogP contribution in [0.15, 0.2) is 30.7 Å². The summed E-state index contributed by atoms with van der Waals surface area (Å²) in [6, 6.07) is 3.77. The number of nitrogens with one attached hydrogen (secondary N) is 1. The zero-order valence-electron chi connectivity index (χ0n) is 10.3. The maximum Gasteiger partial charge on any atom is 0.295 e. The number of nitrogens with zero attached hydrogens (tertiary/aromatic N) is 3. The molecule has 0 atom stereocenters. The van der Waals surface area contributed by atoms with Crippen LogP contribution in [0.5, 0.6) is 0 Å². The van der Waals surface area contributed by atoms with Gasteiger partial charge in [-0.15, -0.1) is 0 Å². The normalized spacial score (nSPS) is 10.4. The maximum absolute atomic E-state index is 13.6. The van der Waals surface area contributed by atoms with Crippen molar-refractivity contribution in [2.24, 2.45) is 0 Å². The molecule has 0 aliphatic heterocycles. The lowest BCUT2D eigenvalue weighted by Crippen LogP contribution is -2.08. The Labute approximate surface area is 109 Å². The highest BCUT2D eigenvalue weighted by molar-refractivity contribution is 5.62. The SMILES string of the molecule is CCn1cncc1CNc1c(F)cccc1[N+](=O)[O-]. The van der Waals surface area contributed by atoms with E-state index in [1.165, 1.54) is 18.2 Å². The largest absolute Gasteiger partial charge is 0.371 e. The average Bonchev–Trinajstić information content (AvgIpc) is 2.84. The standard InChI is InChI=1S/C12H13FN4O2/c1-2-16-8-14-6-9(16)7-15-12-10(13)4-3-5-11(12)17(18)19/h3-6,8,15H,2,7H2,1H3. The molecular weight excluding hydrogens is 251 g/mol. The monoisotopic (exact) mass is 264 g/mol. The van der Waals surface area contributed by atoms with Crippen LogP contribution in [0.25, 0.3) is 0 Å². The molecule has 0 saturated heterocycles. The Bertz CT molecular complexity index is 597. The van der Waals surface area contributed by atoms with Crippen molar-refractivity contribution in [3.05, 3.63) is 52.3 Å². The molecule has 0 bridgehead atoms. The van der Waals surface area contributed by atoms with Crippen molar-refractivity contribution >= 4 is 11.4 Å². The average molecular weight is 264 g/mol. The summed E-state index contributed by atoms with van der Waals surface area (Å²) in [5, 5.41) is 13.6. The molecule has 19 heavy (non-hydrogen) atoms. The Morgan fingerprint density at radius 3 is 3.00 bits per heavy atom. The molecule has 6 nitrogen and oxygen atoms in total. The van der Waals surface area contributed by atoms with Gasteiger partial charge in [0.1, 0.15) is 5.69 Å². The molecule has 1 heterocycles. The fourth-order valence-corrected chi connectivity index (χ4v) is 1.80. The van der Waals surface area contributed by atoms with E-state index in [4.69, 9.17) is 0 Å². The predicted octanol–water partition coefficient (Wildman–Crippen LogP) is 2.56. The molecule has 1 aromatic carbocycles. The molecule has 7 heteroatoms. The minimum absolute atomic E-state index is 0.101. The Balaban J connectivity index is 2.22. The van der Waals surface area contributed by atoms with Crippen LogP contribution in [0.3, 0.4) is 0 Å². The Hall–Kier alpha value is -2.44. The molecule has 0 unspecified atom stereocenters. The number of aromatic nitrogens is 2. The van der Waals surface area contributed by atoms with Gasteiger partial charge in [0.15, 0.2) is 5.82 Å². The molecule has 1 N–H and O–H groups in total. The van der Waals surface area contributed by atoms with Crippen molar-refractivity contribution < 1.29 is 9.31 Å². The second-order valence-electron chi connectivity index (χ2n) is 3.92. The Morgan fingerprint density at radius 1 is 1.53 bits per heavy atom. The fraction of sp³-hybridized carbons (Fsp3) is 0.250. The van der Waals surface area contributed by atoms with E-state index in [1.54, 1.807) is 12.5 Å². The lowest BCUT2D eigenvalue weighted by atomic mass is 10.2. The quantitative estimate of drug-likeness (QED) is 0.665. The first-order valence-corrected chi connectivity index (χ1v) is 5.79. The van der Waals surface area contributed by atoms with Crippen LogP contribution in [-0.2, 0) is 13.1 Å². The molecule has 0 fully saturated rings. The maximum atomic E-state index is 13.6. The number of halogens is 1. The number of anilines is 1. The lowest BCUT2D eigenvalue weighted by molar-refractivity contribution is -0.384. The third kappa shape index (κ3) is 2.70. The summed E-state index contributed by atoms with van der Waals surface area (Å²) in [6.45, 7) is 2.96. The zero-order chi connectivity index (χ0) is 13.8. The van der Waals surface area contributed by atoms with Crippen LogP contribution in [-0.4, -0.2) is 14.5 Å². The second kappa shape index (κ2) is 5.47. The van der Waals surface area contributed by atoms with E-state index >= 15 is 0 Å². The number of nitro groups is 1. The number of imidazole rings is 1. The van der Waals surface area contributed by atoms with E-state index in [0.717, 1.165) is 12.2 Å². The van der Waals surface area contributed by atoms with E-state index in [1.807, 2.05) is 11.5 Å². The molecule has 0 aliphatic carbocycles. The van der Waals surface area contributed by atoms with Crippen molar-refractivity contribution in [1.29, 1.82) is 0 Å². The van der Waals surface area contributed by atoms with Gasteiger partial charge in [0.05, 0.1) is 23.5 Å². The molecule has 2 aromatic rings. The minimum atomic E-state index is -0.642. The highest BCUT2D eigenvalue weighted by atomic mass is 19.1. The van der Waals surface area contributed by atoms with Crippen LogP contribution in [0.4, 0.5) is 15.8 Å². The van der Waals surface area contributed by atoms with E-state index in [9.17, 15) is 14.5 Å². The highest BCUT2D eigenvalue weighted by Crippen LogP contribution is 2.27. The van der Waals surface area contributed by atoms with Crippen LogP contribution in [0.1, 0.15) is 12.6 Å². The summed E-state index contributed by atoms with van der Waals surface area (Å²) in [5.41, 5.74) is 0.457. The van der Waals surface area contributed by atoms with Crippen molar-refractivity contribution in [1.82, 2.24) is 9.55 Å². The summed E-state index contributed by atoms with van der Waals surface area (Å²) >= 11 is 0. The molecular formula is C12H13FN4O2. The highest BCUT2D eigenvalue weighted by Gasteiger charge is 2.17. The van der Waals surface area contributed by atoms with Crippen molar-refractivity contribution in [2.75, 3.05) is 5.32 Å². The summed E-state index contributed by atoms with van der Waals surface area (Å²) in [4.78, 5) is 14.2. The van der Waals surface area contributed by atoms with Gasteiger partial charge in [-0.2, -0.15) is 0 Å².